The molecule has 0 radical (unpaired) electrons. The van der Waals surface area contributed by atoms with Crippen LogP contribution in [0.15, 0.2) is 60.9 Å². The van der Waals surface area contributed by atoms with Crippen LogP contribution in [0.2, 0.25) is 0 Å². The largest absolute Gasteiger partial charge is 0.222 e. The van der Waals surface area contributed by atoms with Gasteiger partial charge in [-0.3, -0.25) is 0 Å². The van der Waals surface area contributed by atoms with Crippen molar-refractivity contribution in [1.29, 1.82) is 0 Å². The summed E-state index contributed by atoms with van der Waals surface area (Å²) in [6.45, 7) is 0. The van der Waals surface area contributed by atoms with Gasteiger partial charge in [-0.05, 0) is 12.1 Å². The number of nitrogens with zero attached hydrogens (tertiary/aromatic N) is 1. The molecular formula is C11H11ClN2O4. The number of rotatable bonds is 2. The van der Waals surface area contributed by atoms with Crippen LogP contribution in [0, 0.1) is 10.2 Å². The lowest BCUT2D eigenvalue weighted by Crippen LogP contribution is -2.68. The van der Waals surface area contributed by atoms with Gasteiger partial charge in [0.15, 0.2) is 12.4 Å². The van der Waals surface area contributed by atoms with Gasteiger partial charge in [0.05, 0.1) is 5.69 Å². The van der Waals surface area contributed by atoms with Crippen LogP contribution in [0.5, 0.6) is 0 Å². The fourth-order valence-electron chi connectivity index (χ4n) is 1.13. The zero-order valence-corrected chi connectivity index (χ0v) is 9.99. The first-order valence-corrected chi connectivity index (χ1v) is 6.09. The van der Waals surface area contributed by atoms with Crippen LogP contribution < -0.4 is 28.7 Å². The van der Waals surface area contributed by atoms with Crippen molar-refractivity contribution >= 4 is 5.69 Å². The van der Waals surface area contributed by atoms with E-state index in [2.05, 4.69) is 5.43 Å². The van der Waals surface area contributed by atoms with E-state index in [-0.39, 0.29) is 0 Å². The predicted octanol–water partition coefficient (Wildman–Crippen LogP) is -2.91. The first kappa shape index (κ1) is 14.4. The second kappa shape index (κ2) is 6.90. The van der Waals surface area contributed by atoms with Crippen LogP contribution in [0.4, 0.5) is 5.69 Å². The zero-order valence-electron chi connectivity index (χ0n) is 9.23. The van der Waals surface area contributed by atoms with Crippen molar-refractivity contribution in [3.63, 3.8) is 0 Å². The average molecular weight is 271 g/mol. The van der Waals surface area contributed by atoms with Crippen LogP contribution >= 0.6 is 0 Å². The van der Waals surface area contributed by atoms with Crippen LogP contribution in [0.1, 0.15) is 0 Å². The van der Waals surface area contributed by atoms with E-state index in [9.17, 15) is 0 Å². The number of anilines is 1. The molecular weight excluding hydrogens is 260 g/mol. The number of hydrogen-bond donors (Lipinski definition) is 1. The highest BCUT2D eigenvalue weighted by atomic mass is 35.7. The Labute approximate surface area is 106 Å². The predicted molar refractivity (Wildman–Crippen MR) is 52.1 cm³/mol. The van der Waals surface area contributed by atoms with E-state index >= 15 is 0 Å². The third-order valence-electron chi connectivity index (χ3n) is 1.75. The molecule has 1 aromatic heterocycles. The van der Waals surface area contributed by atoms with Gasteiger partial charge in [-0.2, -0.15) is 5.43 Å². The van der Waals surface area contributed by atoms with Gasteiger partial charge in [-0.1, -0.05) is 28.9 Å². The Hall–Kier alpha value is -1.70. The fraction of sp³-hybridized carbons (Fsp3) is 0. The minimum Gasteiger partial charge on any atom is -0.222 e. The third kappa shape index (κ3) is 7.55. The molecule has 1 N–H and O–H groups in total. The van der Waals surface area contributed by atoms with Crippen molar-refractivity contribution in [2.45, 2.75) is 0 Å². The van der Waals surface area contributed by atoms with E-state index < -0.39 is 10.2 Å². The molecule has 2 rings (SSSR count). The number of para-hydroxylation sites is 1. The fourth-order valence-corrected chi connectivity index (χ4v) is 1.13. The van der Waals surface area contributed by atoms with E-state index in [1.807, 2.05) is 65.6 Å². The van der Waals surface area contributed by atoms with Gasteiger partial charge in [-0.15, -0.1) is 10.2 Å². The van der Waals surface area contributed by atoms with Crippen LogP contribution in [-0.2, 0) is 0 Å². The smallest absolute Gasteiger partial charge is 0.199 e. The van der Waals surface area contributed by atoms with Crippen LogP contribution in [0.25, 0.3) is 0 Å². The monoisotopic (exact) mass is 270 g/mol. The molecule has 0 amide bonds. The molecule has 96 valence electrons. The maximum Gasteiger partial charge on any atom is 0.199 e. The third-order valence-corrected chi connectivity index (χ3v) is 1.75. The van der Waals surface area contributed by atoms with Crippen LogP contribution in [-0.4, -0.2) is 0 Å². The van der Waals surface area contributed by atoms with Crippen molar-refractivity contribution in [3.05, 3.63) is 60.9 Å². The number of benzene rings is 1. The molecule has 1 aromatic carbocycles. The van der Waals surface area contributed by atoms with Crippen LogP contribution in [0.3, 0.4) is 0 Å². The molecule has 2 aromatic rings. The van der Waals surface area contributed by atoms with E-state index in [1.54, 1.807) is 0 Å². The molecule has 0 aliphatic carbocycles. The summed E-state index contributed by atoms with van der Waals surface area (Å²) in [5, 5.41) is 0. The van der Waals surface area contributed by atoms with E-state index in [0.29, 0.717) is 0 Å². The molecule has 7 heteroatoms. The molecule has 0 bridgehead atoms. The summed E-state index contributed by atoms with van der Waals surface area (Å²) < 4.78 is 35.9. The lowest BCUT2D eigenvalue weighted by Gasteiger charge is -2.17. The minimum absolute atomic E-state index is 1.08. The molecule has 0 fully saturated rings. The molecule has 0 aliphatic heterocycles. The molecule has 0 saturated carbocycles. The topological polar surface area (TPSA) is 108 Å². The lowest BCUT2D eigenvalue weighted by atomic mass is 10.3. The van der Waals surface area contributed by atoms with Gasteiger partial charge in [-0.25, -0.2) is 18.6 Å². The summed E-state index contributed by atoms with van der Waals surface area (Å²) >= 11 is 0. The molecule has 0 saturated heterocycles. The zero-order chi connectivity index (χ0) is 13.4. The quantitative estimate of drug-likeness (QED) is 0.589. The molecule has 6 nitrogen and oxygen atoms in total. The Morgan fingerprint density at radius 3 is 1.72 bits per heavy atom. The number of pyridine rings is 1. The van der Waals surface area contributed by atoms with Gasteiger partial charge < -0.3 is 0 Å². The molecule has 0 spiro atoms. The molecule has 0 aliphatic rings. The van der Waals surface area contributed by atoms with Gasteiger partial charge >= 0.3 is 0 Å². The molecule has 0 unspecified atom stereocenters. The Morgan fingerprint density at radius 1 is 0.778 bits per heavy atom. The summed E-state index contributed by atoms with van der Waals surface area (Å²) in [6, 6.07) is 16.0. The summed E-state index contributed by atoms with van der Waals surface area (Å²) in [6.07, 6.45) is 3.93. The molecule has 0 atom stereocenters. The van der Waals surface area contributed by atoms with Gasteiger partial charge in [0, 0.05) is 12.1 Å². The maximum atomic E-state index is 8.49. The standard InChI is InChI=1S/C11H11N2.ClHO4/c1-3-7-11(8-4-1)12-13-9-5-2-6-10-13;2-1(3,4)5/h1-10,12H;(H,2,3,4,5)/q+1;/p-1. The van der Waals surface area contributed by atoms with Crippen molar-refractivity contribution < 1.29 is 33.6 Å². The van der Waals surface area contributed by atoms with Crippen molar-refractivity contribution in [1.82, 2.24) is 0 Å². The Balaban J connectivity index is 0.000000280. The maximum absolute atomic E-state index is 8.49. The Morgan fingerprint density at radius 2 is 1.22 bits per heavy atom. The van der Waals surface area contributed by atoms with Gasteiger partial charge in [0.25, 0.3) is 0 Å². The second-order valence-corrected chi connectivity index (χ2v) is 3.89. The van der Waals surface area contributed by atoms with Gasteiger partial charge in [0.1, 0.15) is 0 Å². The second-order valence-electron chi connectivity index (χ2n) is 3.14. The first-order valence-electron chi connectivity index (χ1n) is 4.85. The van der Waals surface area contributed by atoms with E-state index in [0.717, 1.165) is 5.69 Å². The lowest BCUT2D eigenvalue weighted by molar-refractivity contribution is -2.00. The van der Waals surface area contributed by atoms with Crippen molar-refractivity contribution in [2.75, 3.05) is 5.43 Å². The number of nitrogens with one attached hydrogen (secondary N) is 1. The molecule has 18 heavy (non-hydrogen) atoms. The summed E-state index contributed by atoms with van der Waals surface area (Å²) in [5.74, 6) is 0. The normalized spacial score (nSPS) is 10.2. The Bertz CT molecular complexity index is 404. The number of halogens is 1. The Kier molecular flexibility index (Phi) is 5.50. The summed E-state index contributed by atoms with van der Waals surface area (Å²) in [5.41, 5.74) is 4.30. The SMILES string of the molecule is [O-][Cl+3]([O-])([O-])[O-].c1ccc(N[n+]2ccccc2)cc1. The van der Waals surface area contributed by atoms with Gasteiger partial charge in [0.2, 0.25) is 0 Å². The highest BCUT2D eigenvalue weighted by Crippen LogP contribution is 2.01. The first-order chi connectivity index (χ1) is 8.45. The highest BCUT2D eigenvalue weighted by Gasteiger charge is 1.96. The number of hydrogen-bond acceptors (Lipinski definition) is 5. The van der Waals surface area contributed by atoms with Crippen molar-refractivity contribution in [3.8, 4) is 0 Å². The molecule has 1 heterocycles. The minimum atomic E-state index is -4.94. The summed E-state index contributed by atoms with van der Waals surface area (Å²) in [7, 11) is -4.94. The average Bonchev–Trinajstić information content (AvgIpc) is 2.29. The van der Waals surface area contributed by atoms with E-state index in [1.165, 1.54) is 0 Å². The highest BCUT2D eigenvalue weighted by molar-refractivity contribution is 5.39. The number of aromatic nitrogens is 1. The summed E-state index contributed by atoms with van der Waals surface area (Å²) in [4.78, 5) is 0. The van der Waals surface area contributed by atoms with Crippen molar-refractivity contribution in [2.24, 2.45) is 0 Å². The van der Waals surface area contributed by atoms with E-state index in [4.69, 9.17) is 18.6 Å².